The highest BCUT2D eigenvalue weighted by molar-refractivity contribution is 6.30. The number of halogens is 1. The van der Waals surface area contributed by atoms with Crippen LogP contribution in [0.25, 0.3) is 0 Å². The van der Waals surface area contributed by atoms with Crippen molar-refractivity contribution in [2.75, 3.05) is 13.1 Å². The van der Waals surface area contributed by atoms with Gasteiger partial charge in [-0.15, -0.1) is 0 Å². The number of allylic oxidation sites excluding steroid dienone is 1. The maximum absolute atomic E-state index is 6.10. The predicted octanol–water partition coefficient (Wildman–Crippen LogP) is 6.62. The number of nitrogens with zero attached hydrogens (tertiary/aromatic N) is 2. The largest absolute Gasteiger partial charge is 0.297 e. The maximum atomic E-state index is 6.10. The zero-order valence-electron chi connectivity index (χ0n) is 17.7. The van der Waals surface area contributed by atoms with Gasteiger partial charge in [-0.3, -0.25) is 9.88 Å². The van der Waals surface area contributed by atoms with E-state index in [1.807, 2.05) is 24.5 Å². The van der Waals surface area contributed by atoms with E-state index in [9.17, 15) is 0 Å². The van der Waals surface area contributed by atoms with E-state index >= 15 is 0 Å². The van der Waals surface area contributed by atoms with Crippen molar-refractivity contribution in [3.8, 4) is 0 Å². The molecule has 0 radical (unpaired) electrons. The first-order chi connectivity index (χ1) is 13.3. The molecule has 0 saturated carbocycles. The Labute approximate surface area is 175 Å². The zero-order valence-corrected chi connectivity index (χ0v) is 18.4. The number of hydrogen-bond donors (Lipinski definition) is 0. The first kappa shape index (κ1) is 21.1. The molecule has 1 saturated heterocycles. The number of likely N-dealkylation sites (tertiary alicyclic amines) is 1. The molecule has 1 aliphatic rings. The van der Waals surface area contributed by atoms with Crippen molar-refractivity contribution in [1.82, 2.24) is 9.88 Å². The summed E-state index contributed by atoms with van der Waals surface area (Å²) >= 11 is 6.10. The summed E-state index contributed by atoms with van der Waals surface area (Å²) in [5.74, 6) is 0.663. The lowest BCUT2D eigenvalue weighted by molar-refractivity contribution is 0.155. The van der Waals surface area contributed by atoms with Crippen LogP contribution in [0.1, 0.15) is 64.0 Å². The van der Waals surface area contributed by atoms with E-state index in [1.54, 1.807) is 0 Å². The van der Waals surface area contributed by atoms with Gasteiger partial charge in [-0.05, 0) is 92.9 Å². The molecule has 0 bridgehead atoms. The van der Waals surface area contributed by atoms with Crippen molar-refractivity contribution in [3.63, 3.8) is 0 Å². The van der Waals surface area contributed by atoms with Gasteiger partial charge in [0.2, 0.25) is 0 Å². The Balaban J connectivity index is 1.70. The summed E-state index contributed by atoms with van der Waals surface area (Å²) < 4.78 is 0. The summed E-state index contributed by atoms with van der Waals surface area (Å²) in [7, 11) is 0. The second-order valence-electron chi connectivity index (χ2n) is 9.00. The molecule has 150 valence electrons. The normalized spacial score (nSPS) is 17.3. The van der Waals surface area contributed by atoms with Crippen LogP contribution in [0.4, 0.5) is 0 Å². The highest BCUT2D eigenvalue weighted by Crippen LogP contribution is 2.34. The van der Waals surface area contributed by atoms with Gasteiger partial charge in [0, 0.05) is 23.5 Å². The summed E-state index contributed by atoms with van der Waals surface area (Å²) in [6, 6.07) is 13.2. The molecule has 0 spiro atoms. The van der Waals surface area contributed by atoms with Crippen LogP contribution in [0, 0.1) is 0 Å². The number of benzene rings is 1. The van der Waals surface area contributed by atoms with Crippen molar-refractivity contribution in [2.24, 2.45) is 0 Å². The van der Waals surface area contributed by atoms with Crippen LogP contribution in [0.2, 0.25) is 5.02 Å². The molecule has 1 aromatic carbocycles. The standard InChI is InChI=1S/C25H33ClN2/c1-19(2)17-24(18-25(3,4)22-5-7-23(26)8-6-22)28-15-11-21(12-16-28)20-9-13-27-14-10-20/h5-10,13-14,17,21,24H,11-12,15-16,18H2,1-4H3. The number of pyridine rings is 1. The molecule has 1 atom stereocenters. The first-order valence-electron chi connectivity index (χ1n) is 10.4. The van der Waals surface area contributed by atoms with E-state index in [4.69, 9.17) is 11.6 Å². The van der Waals surface area contributed by atoms with Gasteiger partial charge in [0.15, 0.2) is 0 Å². The van der Waals surface area contributed by atoms with Gasteiger partial charge in [0.05, 0.1) is 0 Å². The molecule has 1 unspecified atom stereocenters. The van der Waals surface area contributed by atoms with Crippen molar-refractivity contribution < 1.29 is 0 Å². The minimum Gasteiger partial charge on any atom is -0.297 e. The fourth-order valence-electron chi connectivity index (χ4n) is 4.42. The monoisotopic (exact) mass is 396 g/mol. The van der Waals surface area contributed by atoms with Gasteiger partial charge in [-0.1, -0.05) is 49.2 Å². The van der Waals surface area contributed by atoms with Crippen LogP contribution < -0.4 is 0 Å². The lowest BCUT2D eigenvalue weighted by Gasteiger charge is -2.40. The summed E-state index contributed by atoms with van der Waals surface area (Å²) in [5, 5.41) is 0.804. The zero-order chi connectivity index (χ0) is 20.1. The molecule has 3 heteroatoms. The molecule has 1 aliphatic heterocycles. The fraction of sp³-hybridized carbons (Fsp3) is 0.480. The van der Waals surface area contributed by atoms with Crippen molar-refractivity contribution in [3.05, 3.63) is 76.6 Å². The minimum absolute atomic E-state index is 0.100. The summed E-state index contributed by atoms with van der Waals surface area (Å²) in [5.41, 5.74) is 4.29. The molecule has 2 nitrogen and oxygen atoms in total. The third-order valence-corrected chi connectivity index (χ3v) is 6.30. The van der Waals surface area contributed by atoms with E-state index in [1.165, 1.54) is 29.5 Å². The van der Waals surface area contributed by atoms with Crippen molar-refractivity contribution >= 4 is 11.6 Å². The Bertz CT molecular complexity index is 768. The fourth-order valence-corrected chi connectivity index (χ4v) is 4.55. The highest BCUT2D eigenvalue weighted by Gasteiger charge is 2.30. The van der Waals surface area contributed by atoms with E-state index in [0.717, 1.165) is 24.5 Å². The Morgan fingerprint density at radius 3 is 2.29 bits per heavy atom. The van der Waals surface area contributed by atoms with Gasteiger partial charge in [0.1, 0.15) is 0 Å². The first-order valence-corrected chi connectivity index (χ1v) is 10.8. The Kier molecular flexibility index (Phi) is 6.95. The third-order valence-electron chi connectivity index (χ3n) is 6.05. The van der Waals surface area contributed by atoms with Crippen LogP contribution in [0.3, 0.4) is 0 Å². The molecule has 2 aromatic rings. The Morgan fingerprint density at radius 1 is 1.11 bits per heavy atom. The smallest absolute Gasteiger partial charge is 0.0406 e. The number of piperidine rings is 1. The van der Waals surface area contributed by atoms with E-state index in [2.05, 4.69) is 67.9 Å². The lowest BCUT2D eigenvalue weighted by atomic mass is 9.78. The third kappa shape index (κ3) is 5.46. The molecule has 2 heterocycles. The van der Waals surface area contributed by atoms with Gasteiger partial charge < -0.3 is 0 Å². The van der Waals surface area contributed by atoms with E-state index < -0.39 is 0 Å². The van der Waals surface area contributed by atoms with Crippen molar-refractivity contribution in [1.29, 1.82) is 0 Å². The van der Waals surface area contributed by atoms with Crippen LogP contribution >= 0.6 is 11.6 Å². The molecular weight excluding hydrogens is 364 g/mol. The summed E-state index contributed by atoms with van der Waals surface area (Å²) in [4.78, 5) is 6.85. The molecular formula is C25H33ClN2. The molecule has 0 amide bonds. The van der Waals surface area contributed by atoms with Crippen LogP contribution in [0.5, 0.6) is 0 Å². The Morgan fingerprint density at radius 2 is 1.71 bits per heavy atom. The number of hydrogen-bond acceptors (Lipinski definition) is 2. The average molecular weight is 397 g/mol. The second-order valence-corrected chi connectivity index (χ2v) is 9.43. The van der Waals surface area contributed by atoms with Gasteiger partial charge in [-0.2, -0.15) is 0 Å². The van der Waals surface area contributed by atoms with Gasteiger partial charge in [0.25, 0.3) is 0 Å². The Hall–Kier alpha value is -1.64. The van der Waals surface area contributed by atoms with Crippen molar-refractivity contribution in [2.45, 2.75) is 64.3 Å². The maximum Gasteiger partial charge on any atom is 0.0406 e. The predicted molar refractivity (Wildman–Crippen MR) is 120 cm³/mol. The molecule has 1 fully saturated rings. The van der Waals surface area contributed by atoms with Gasteiger partial charge in [-0.25, -0.2) is 0 Å². The molecule has 0 aliphatic carbocycles. The van der Waals surface area contributed by atoms with Crippen LogP contribution in [0.15, 0.2) is 60.4 Å². The molecule has 1 aromatic heterocycles. The second kappa shape index (κ2) is 9.24. The minimum atomic E-state index is 0.100. The molecule has 0 N–H and O–H groups in total. The average Bonchev–Trinajstić information content (AvgIpc) is 2.68. The van der Waals surface area contributed by atoms with Gasteiger partial charge >= 0.3 is 0 Å². The quantitative estimate of drug-likeness (QED) is 0.510. The lowest BCUT2D eigenvalue weighted by Crippen LogP contribution is -2.43. The summed E-state index contributed by atoms with van der Waals surface area (Å²) in [6.45, 7) is 11.4. The van der Waals surface area contributed by atoms with Crippen LogP contribution in [-0.4, -0.2) is 29.0 Å². The highest BCUT2D eigenvalue weighted by atomic mass is 35.5. The van der Waals surface area contributed by atoms with Crippen LogP contribution in [-0.2, 0) is 5.41 Å². The molecule has 3 rings (SSSR count). The van der Waals surface area contributed by atoms with E-state index in [0.29, 0.717) is 12.0 Å². The molecule has 28 heavy (non-hydrogen) atoms. The number of rotatable bonds is 6. The summed E-state index contributed by atoms with van der Waals surface area (Å²) in [6.07, 6.45) is 9.85. The van der Waals surface area contributed by atoms with E-state index in [-0.39, 0.29) is 5.41 Å². The topological polar surface area (TPSA) is 16.1 Å². The SMILES string of the molecule is CC(C)=CC(CC(C)(C)c1ccc(Cl)cc1)N1CCC(c2ccncc2)CC1. The number of aromatic nitrogens is 1.